The van der Waals surface area contributed by atoms with Crippen molar-refractivity contribution in [1.82, 2.24) is 4.90 Å². The van der Waals surface area contributed by atoms with Gasteiger partial charge in [-0.1, -0.05) is 39.0 Å². The summed E-state index contributed by atoms with van der Waals surface area (Å²) in [5, 5.41) is 0. The largest absolute Gasteiger partial charge is 0.461 e. The maximum Gasteiger partial charge on any atom is 0.366 e. The van der Waals surface area contributed by atoms with Gasteiger partial charge in [0.25, 0.3) is 0 Å². The molecular formula is C12H25NO2+. The highest BCUT2D eigenvalue weighted by Crippen LogP contribution is 2.04. The van der Waals surface area contributed by atoms with Gasteiger partial charge in [0.05, 0.1) is 6.61 Å². The van der Waals surface area contributed by atoms with Crippen LogP contribution >= 0.6 is 0 Å². The summed E-state index contributed by atoms with van der Waals surface area (Å²) >= 11 is 0. The van der Waals surface area contributed by atoms with Gasteiger partial charge in [0.1, 0.15) is 14.1 Å². The van der Waals surface area contributed by atoms with Gasteiger partial charge in [-0.05, 0) is 6.42 Å². The molecule has 89 valence electrons. The van der Waals surface area contributed by atoms with Crippen molar-refractivity contribution in [3.05, 3.63) is 0 Å². The van der Waals surface area contributed by atoms with Crippen LogP contribution in [0.1, 0.15) is 45.4 Å². The van der Waals surface area contributed by atoms with E-state index in [2.05, 4.69) is 6.92 Å². The molecule has 0 aromatic rings. The molecule has 1 radical (unpaired) electrons. The minimum Gasteiger partial charge on any atom is -0.461 e. The lowest BCUT2D eigenvalue weighted by Crippen LogP contribution is -2.28. The molecule has 0 N–H and O–H groups in total. The number of hydrogen-bond acceptors (Lipinski definition) is 3. The molecule has 3 nitrogen and oxygen atoms in total. The van der Waals surface area contributed by atoms with Crippen molar-refractivity contribution in [3.8, 4) is 0 Å². The Kier molecular flexibility index (Phi) is 9.59. The van der Waals surface area contributed by atoms with E-state index in [-0.39, 0.29) is 5.97 Å². The molecule has 0 aliphatic rings. The van der Waals surface area contributed by atoms with E-state index < -0.39 is 0 Å². The molecule has 3 heteroatoms. The van der Waals surface area contributed by atoms with Crippen molar-refractivity contribution in [3.63, 3.8) is 0 Å². The number of rotatable bonds is 9. The molecule has 0 aromatic heterocycles. The molecule has 15 heavy (non-hydrogen) atoms. The molecule has 0 saturated heterocycles. The Morgan fingerprint density at radius 2 is 1.67 bits per heavy atom. The topological polar surface area (TPSA) is 32.2 Å². The number of likely N-dealkylation sites (N-methyl/N-ethyl adjacent to an activating group) is 1. The van der Waals surface area contributed by atoms with Crippen molar-refractivity contribution in [2.75, 3.05) is 27.2 Å². The van der Waals surface area contributed by atoms with Crippen molar-refractivity contribution in [1.29, 1.82) is 0 Å². The maximum atomic E-state index is 11.1. The van der Waals surface area contributed by atoms with Gasteiger partial charge in [-0.25, -0.2) is 4.79 Å². The molecule has 0 fully saturated rings. The molecule has 0 atom stereocenters. The Morgan fingerprint density at radius 1 is 1.07 bits per heavy atom. The molecule has 0 aromatic carbocycles. The van der Waals surface area contributed by atoms with Crippen molar-refractivity contribution in [2.24, 2.45) is 0 Å². The lowest BCUT2D eigenvalue weighted by Gasteiger charge is -2.04. The van der Waals surface area contributed by atoms with Crippen molar-refractivity contribution >= 4 is 5.97 Å². The Labute approximate surface area is 93.8 Å². The van der Waals surface area contributed by atoms with E-state index in [9.17, 15) is 4.79 Å². The molecular weight excluding hydrogens is 190 g/mol. The van der Waals surface area contributed by atoms with Crippen molar-refractivity contribution < 1.29 is 9.53 Å². The third-order valence-electron chi connectivity index (χ3n) is 2.21. The van der Waals surface area contributed by atoms with Crippen LogP contribution in [0.25, 0.3) is 0 Å². The second kappa shape index (κ2) is 9.97. The molecule has 0 saturated carbocycles. The fourth-order valence-corrected chi connectivity index (χ4v) is 1.37. The molecule has 0 rings (SSSR count). The minimum absolute atomic E-state index is 0.117. The fraction of sp³-hybridized carbons (Fsp3) is 0.917. The zero-order valence-corrected chi connectivity index (χ0v) is 10.4. The molecule has 0 heterocycles. The lowest BCUT2D eigenvalue weighted by atomic mass is 10.1. The van der Waals surface area contributed by atoms with E-state index in [4.69, 9.17) is 4.74 Å². The Morgan fingerprint density at radius 3 is 2.27 bits per heavy atom. The van der Waals surface area contributed by atoms with E-state index in [1.807, 2.05) is 19.0 Å². The molecule has 0 aliphatic heterocycles. The number of ether oxygens (including phenoxy) is 1. The van der Waals surface area contributed by atoms with Gasteiger partial charge in [0, 0.05) is 0 Å². The Balaban J connectivity index is 3.13. The molecule has 0 aliphatic carbocycles. The second-order valence-electron chi connectivity index (χ2n) is 4.23. The van der Waals surface area contributed by atoms with E-state index in [1.165, 1.54) is 32.1 Å². The standard InChI is InChI=1S/C12H25NO2/c1-4-5-6-7-8-9-10-15-12(14)11-13(2)3/h4-11H2,1-3H3/q+1. The van der Waals surface area contributed by atoms with E-state index in [1.54, 1.807) is 0 Å². The predicted octanol–water partition coefficient (Wildman–Crippen LogP) is 2.29. The quantitative estimate of drug-likeness (QED) is 0.336. The minimum atomic E-state index is -0.117. The summed E-state index contributed by atoms with van der Waals surface area (Å²) in [6.45, 7) is 3.18. The van der Waals surface area contributed by atoms with Crippen LogP contribution in [-0.2, 0) is 9.53 Å². The average Bonchev–Trinajstić information content (AvgIpc) is 2.15. The summed E-state index contributed by atoms with van der Waals surface area (Å²) in [4.78, 5) is 12.9. The summed E-state index contributed by atoms with van der Waals surface area (Å²) in [6, 6.07) is 0. The first kappa shape index (κ1) is 14.4. The summed E-state index contributed by atoms with van der Waals surface area (Å²) in [6.07, 6.45) is 7.34. The molecule has 0 spiro atoms. The van der Waals surface area contributed by atoms with E-state index >= 15 is 0 Å². The summed E-state index contributed by atoms with van der Waals surface area (Å²) in [5.41, 5.74) is 0. The summed E-state index contributed by atoms with van der Waals surface area (Å²) < 4.78 is 5.08. The van der Waals surface area contributed by atoms with Crippen LogP contribution in [0.2, 0.25) is 0 Å². The molecule has 0 unspecified atom stereocenters. The molecule has 0 bridgehead atoms. The Bertz CT molecular complexity index is 158. The van der Waals surface area contributed by atoms with Gasteiger partial charge in [0.15, 0.2) is 0 Å². The third kappa shape index (κ3) is 11.4. The number of carbonyl (C=O) groups excluding carboxylic acids is 1. The smallest absolute Gasteiger partial charge is 0.366 e. The number of nitrogens with zero attached hydrogens (tertiary/aromatic N) is 1. The van der Waals surface area contributed by atoms with Crippen molar-refractivity contribution in [2.45, 2.75) is 45.4 Å². The van der Waals surface area contributed by atoms with Crippen LogP contribution in [0.3, 0.4) is 0 Å². The lowest BCUT2D eigenvalue weighted by molar-refractivity contribution is -0.143. The van der Waals surface area contributed by atoms with E-state index in [0.717, 1.165) is 6.42 Å². The summed E-state index contributed by atoms with van der Waals surface area (Å²) in [5.74, 6) is -0.117. The Hall–Kier alpha value is -0.570. The number of esters is 1. The SMILES string of the molecule is CCCCCCCCOC(=O)C[N+](C)C. The number of hydrogen-bond donors (Lipinski definition) is 0. The summed E-state index contributed by atoms with van der Waals surface area (Å²) in [7, 11) is 3.73. The van der Waals surface area contributed by atoms with Crippen LogP contribution in [-0.4, -0.2) is 33.2 Å². The monoisotopic (exact) mass is 215 g/mol. The number of carbonyl (C=O) groups is 1. The highest BCUT2D eigenvalue weighted by atomic mass is 16.5. The number of unbranched alkanes of at least 4 members (excludes halogenated alkanes) is 5. The van der Waals surface area contributed by atoms with Crippen LogP contribution in [0.15, 0.2) is 0 Å². The third-order valence-corrected chi connectivity index (χ3v) is 2.21. The normalized spacial score (nSPS) is 10.7. The zero-order valence-electron chi connectivity index (χ0n) is 10.4. The first-order valence-corrected chi connectivity index (χ1v) is 5.97. The van der Waals surface area contributed by atoms with Crippen LogP contribution in [0.5, 0.6) is 0 Å². The first-order chi connectivity index (χ1) is 7.16. The molecule has 0 amide bonds. The maximum absolute atomic E-state index is 11.1. The second-order valence-corrected chi connectivity index (χ2v) is 4.23. The van der Waals surface area contributed by atoms with Gasteiger partial charge >= 0.3 is 5.97 Å². The average molecular weight is 215 g/mol. The van der Waals surface area contributed by atoms with Gasteiger partial charge < -0.3 is 4.74 Å². The fourth-order valence-electron chi connectivity index (χ4n) is 1.37. The predicted molar refractivity (Wildman–Crippen MR) is 63.2 cm³/mol. The van der Waals surface area contributed by atoms with Gasteiger partial charge in [-0.3, -0.25) is 0 Å². The van der Waals surface area contributed by atoms with Crippen LogP contribution < -0.4 is 4.90 Å². The van der Waals surface area contributed by atoms with Crippen LogP contribution in [0, 0.1) is 0 Å². The van der Waals surface area contributed by atoms with Gasteiger partial charge in [-0.15, -0.1) is 0 Å². The van der Waals surface area contributed by atoms with Crippen LogP contribution in [0.4, 0.5) is 0 Å². The first-order valence-electron chi connectivity index (χ1n) is 5.97. The van der Waals surface area contributed by atoms with E-state index in [0.29, 0.717) is 13.2 Å². The van der Waals surface area contributed by atoms with Gasteiger partial charge in [-0.2, -0.15) is 4.90 Å². The zero-order chi connectivity index (χ0) is 11.5. The highest BCUT2D eigenvalue weighted by molar-refractivity contribution is 5.71. The van der Waals surface area contributed by atoms with Gasteiger partial charge in [0.2, 0.25) is 6.54 Å². The highest BCUT2D eigenvalue weighted by Gasteiger charge is 2.09.